The first-order chi connectivity index (χ1) is 15.5. The average molecular weight is 450 g/mol. The number of aromatic nitrogens is 5. The SMILES string of the molecule is Cc1ccccc1-n1nnnc1SCC(=O)Nc1c(C#N)c(C)c(C)n1C1CCCCC1. The molecule has 0 aliphatic heterocycles. The number of nitrogens with one attached hydrogen (secondary N) is 1. The van der Waals surface area contributed by atoms with Crippen LogP contribution >= 0.6 is 11.8 Å². The Morgan fingerprint density at radius 1 is 1.22 bits per heavy atom. The number of carbonyl (C=O) groups is 1. The van der Waals surface area contributed by atoms with Gasteiger partial charge in [0.05, 0.1) is 17.0 Å². The number of hydrogen-bond donors (Lipinski definition) is 1. The predicted molar refractivity (Wildman–Crippen MR) is 124 cm³/mol. The number of tetrazole rings is 1. The summed E-state index contributed by atoms with van der Waals surface area (Å²) in [6.07, 6.45) is 5.74. The van der Waals surface area contributed by atoms with E-state index in [1.807, 2.05) is 45.0 Å². The summed E-state index contributed by atoms with van der Waals surface area (Å²) in [5.74, 6) is 0.587. The summed E-state index contributed by atoms with van der Waals surface area (Å²) in [5.41, 5.74) is 4.46. The summed E-state index contributed by atoms with van der Waals surface area (Å²) in [5, 5.41) is 25.3. The third-order valence-corrected chi connectivity index (χ3v) is 7.10. The second kappa shape index (κ2) is 9.57. The van der Waals surface area contributed by atoms with E-state index in [1.54, 1.807) is 4.68 Å². The Morgan fingerprint density at radius 2 is 1.97 bits per heavy atom. The van der Waals surface area contributed by atoms with E-state index in [0.717, 1.165) is 35.3 Å². The number of rotatable bonds is 6. The first kappa shape index (κ1) is 22.1. The molecule has 1 aliphatic rings. The zero-order chi connectivity index (χ0) is 22.7. The lowest BCUT2D eigenvalue weighted by molar-refractivity contribution is -0.113. The average Bonchev–Trinajstić information content (AvgIpc) is 3.36. The molecule has 1 aromatic carbocycles. The number of nitrogens with zero attached hydrogens (tertiary/aromatic N) is 6. The van der Waals surface area contributed by atoms with Crippen LogP contribution < -0.4 is 5.32 Å². The van der Waals surface area contributed by atoms with Crippen molar-refractivity contribution in [3.05, 3.63) is 46.6 Å². The highest BCUT2D eigenvalue weighted by molar-refractivity contribution is 7.99. The lowest BCUT2D eigenvalue weighted by atomic mass is 9.95. The van der Waals surface area contributed by atoms with E-state index in [9.17, 15) is 10.1 Å². The summed E-state index contributed by atoms with van der Waals surface area (Å²) >= 11 is 1.27. The highest BCUT2D eigenvalue weighted by Gasteiger charge is 2.26. The van der Waals surface area contributed by atoms with Gasteiger partial charge in [0.25, 0.3) is 0 Å². The molecule has 2 heterocycles. The first-order valence-electron chi connectivity index (χ1n) is 10.9. The van der Waals surface area contributed by atoms with E-state index in [0.29, 0.717) is 22.6 Å². The number of para-hydroxylation sites is 1. The number of carbonyl (C=O) groups excluding carboxylic acids is 1. The summed E-state index contributed by atoms with van der Waals surface area (Å²) in [6, 6.07) is 10.4. The molecule has 2 aromatic heterocycles. The van der Waals surface area contributed by atoms with Gasteiger partial charge >= 0.3 is 0 Å². The molecule has 1 saturated carbocycles. The largest absolute Gasteiger partial charge is 0.327 e. The number of nitriles is 1. The lowest BCUT2D eigenvalue weighted by Crippen LogP contribution is -2.22. The quantitative estimate of drug-likeness (QED) is 0.556. The third kappa shape index (κ3) is 4.28. The maximum Gasteiger partial charge on any atom is 0.235 e. The molecular weight excluding hydrogens is 422 g/mol. The van der Waals surface area contributed by atoms with E-state index < -0.39 is 0 Å². The van der Waals surface area contributed by atoms with Crippen molar-refractivity contribution in [2.45, 2.75) is 64.1 Å². The Balaban J connectivity index is 1.53. The van der Waals surface area contributed by atoms with Crippen molar-refractivity contribution in [2.75, 3.05) is 11.1 Å². The van der Waals surface area contributed by atoms with Gasteiger partial charge in [0.15, 0.2) is 0 Å². The van der Waals surface area contributed by atoms with Gasteiger partial charge in [-0.2, -0.15) is 9.94 Å². The standard InChI is InChI=1S/C23H27N7OS/c1-15-9-7-8-12-20(15)30-23(26-27-28-30)32-14-21(31)25-22-19(13-24)16(2)17(3)29(22)18-10-5-4-6-11-18/h7-9,12,18H,4-6,10-11,14H2,1-3H3,(H,25,31). The maximum atomic E-state index is 12.9. The Labute approximate surface area is 192 Å². The van der Waals surface area contributed by atoms with Gasteiger partial charge in [-0.3, -0.25) is 4.79 Å². The zero-order valence-corrected chi connectivity index (χ0v) is 19.4. The molecule has 0 unspecified atom stereocenters. The highest BCUT2D eigenvalue weighted by atomic mass is 32.2. The molecule has 9 heteroatoms. The molecule has 4 rings (SSSR count). The third-order valence-electron chi connectivity index (χ3n) is 6.18. The van der Waals surface area contributed by atoms with Crippen molar-refractivity contribution < 1.29 is 4.79 Å². The minimum atomic E-state index is -0.180. The minimum absolute atomic E-state index is 0.144. The summed E-state index contributed by atoms with van der Waals surface area (Å²) in [7, 11) is 0. The molecule has 0 radical (unpaired) electrons. The Kier molecular flexibility index (Phi) is 6.61. The first-order valence-corrected chi connectivity index (χ1v) is 11.9. The normalized spacial score (nSPS) is 14.3. The van der Waals surface area contributed by atoms with Crippen LogP contribution in [0.1, 0.15) is 60.5 Å². The van der Waals surface area contributed by atoms with Crippen LogP contribution in [0.2, 0.25) is 0 Å². The second-order valence-corrected chi connectivity index (χ2v) is 9.15. The number of benzene rings is 1. The molecule has 1 N–H and O–H groups in total. The Hall–Kier alpha value is -3.12. The van der Waals surface area contributed by atoms with Crippen LogP contribution in [0.25, 0.3) is 5.69 Å². The Morgan fingerprint density at radius 3 is 2.69 bits per heavy atom. The van der Waals surface area contributed by atoms with E-state index in [4.69, 9.17) is 0 Å². The molecular formula is C23H27N7OS. The van der Waals surface area contributed by atoms with E-state index in [1.165, 1.54) is 31.0 Å². The van der Waals surface area contributed by atoms with Crippen LogP contribution in [0.5, 0.6) is 0 Å². The van der Waals surface area contributed by atoms with Gasteiger partial charge in [-0.15, -0.1) is 5.10 Å². The molecule has 0 saturated heterocycles. The van der Waals surface area contributed by atoms with Crippen molar-refractivity contribution in [3.63, 3.8) is 0 Å². The van der Waals surface area contributed by atoms with Gasteiger partial charge in [0, 0.05) is 11.7 Å². The molecule has 3 aromatic rings. The number of amides is 1. The van der Waals surface area contributed by atoms with E-state index >= 15 is 0 Å². The van der Waals surface area contributed by atoms with Crippen LogP contribution in [0, 0.1) is 32.1 Å². The van der Waals surface area contributed by atoms with Gasteiger partial charge in [-0.25, -0.2) is 0 Å². The van der Waals surface area contributed by atoms with Crippen molar-refractivity contribution in [3.8, 4) is 11.8 Å². The Bertz CT molecular complexity index is 1170. The molecule has 0 atom stereocenters. The van der Waals surface area contributed by atoms with Gasteiger partial charge in [-0.05, 0) is 61.2 Å². The maximum absolute atomic E-state index is 12.9. The van der Waals surface area contributed by atoms with Gasteiger partial charge < -0.3 is 9.88 Å². The zero-order valence-electron chi connectivity index (χ0n) is 18.6. The summed E-state index contributed by atoms with van der Waals surface area (Å²) in [6.45, 7) is 5.98. The molecule has 1 aliphatic carbocycles. The van der Waals surface area contributed by atoms with Crippen LogP contribution in [0.4, 0.5) is 5.82 Å². The molecule has 0 spiro atoms. The second-order valence-electron chi connectivity index (χ2n) is 8.20. The van der Waals surface area contributed by atoms with Crippen molar-refractivity contribution in [1.82, 2.24) is 24.8 Å². The minimum Gasteiger partial charge on any atom is -0.327 e. The summed E-state index contributed by atoms with van der Waals surface area (Å²) in [4.78, 5) is 12.9. The monoisotopic (exact) mass is 449 g/mol. The molecule has 166 valence electrons. The van der Waals surface area contributed by atoms with Crippen molar-refractivity contribution >= 4 is 23.5 Å². The van der Waals surface area contributed by atoms with Crippen LogP contribution in [0.3, 0.4) is 0 Å². The molecule has 1 fully saturated rings. The number of aryl methyl sites for hydroxylation is 1. The predicted octanol–water partition coefficient (Wildman–Crippen LogP) is 4.50. The fraction of sp³-hybridized carbons (Fsp3) is 0.435. The van der Waals surface area contributed by atoms with Crippen LogP contribution in [0.15, 0.2) is 29.4 Å². The fourth-order valence-electron chi connectivity index (χ4n) is 4.40. The van der Waals surface area contributed by atoms with Gasteiger partial charge in [0.1, 0.15) is 11.9 Å². The van der Waals surface area contributed by atoms with Crippen molar-refractivity contribution in [2.24, 2.45) is 0 Å². The molecule has 0 bridgehead atoms. The van der Waals surface area contributed by atoms with Gasteiger partial charge in [-0.1, -0.05) is 49.2 Å². The van der Waals surface area contributed by atoms with Crippen LogP contribution in [-0.2, 0) is 4.79 Å². The van der Waals surface area contributed by atoms with E-state index in [-0.39, 0.29) is 11.7 Å². The highest BCUT2D eigenvalue weighted by Crippen LogP contribution is 2.37. The molecule has 1 amide bonds. The lowest BCUT2D eigenvalue weighted by Gasteiger charge is -2.27. The number of thioether (sulfide) groups is 1. The van der Waals surface area contributed by atoms with Crippen LogP contribution in [-0.4, -0.2) is 36.4 Å². The number of hydrogen-bond acceptors (Lipinski definition) is 6. The number of anilines is 1. The topological polar surface area (TPSA) is 101 Å². The van der Waals surface area contributed by atoms with Gasteiger partial charge in [0.2, 0.25) is 11.1 Å². The van der Waals surface area contributed by atoms with E-state index in [2.05, 4.69) is 31.5 Å². The smallest absolute Gasteiger partial charge is 0.235 e. The van der Waals surface area contributed by atoms with Crippen molar-refractivity contribution in [1.29, 1.82) is 5.26 Å². The summed E-state index contributed by atoms with van der Waals surface area (Å²) < 4.78 is 3.82. The molecule has 8 nitrogen and oxygen atoms in total. The molecule has 32 heavy (non-hydrogen) atoms. The fourth-order valence-corrected chi connectivity index (χ4v) is 5.09.